The van der Waals surface area contributed by atoms with E-state index in [0.717, 1.165) is 19.0 Å². The molecule has 3 heteroatoms. The lowest BCUT2D eigenvalue weighted by Gasteiger charge is -2.18. The van der Waals surface area contributed by atoms with Gasteiger partial charge >= 0.3 is 0 Å². The third kappa shape index (κ3) is 2.01. The van der Waals surface area contributed by atoms with Gasteiger partial charge in [-0.3, -0.25) is 0 Å². The minimum Gasteiger partial charge on any atom is -0.448 e. The Morgan fingerprint density at radius 1 is 1.12 bits per heavy atom. The van der Waals surface area contributed by atoms with E-state index in [4.69, 9.17) is 9.40 Å². The van der Waals surface area contributed by atoms with Crippen LogP contribution < -0.4 is 5.32 Å². The van der Waals surface area contributed by atoms with Crippen molar-refractivity contribution in [1.29, 1.82) is 0 Å². The molecule has 0 aromatic carbocycles. The first-order valence-electron chi connectivity index (χ1n) is 6.59. The van der Waals surface area contributed by atoms with E-state index < -0.39 is 0 Å². The zero-order valence-corrected chi connectivity index (χ0v) is 9.74. The van der Waals surface area contributed by atoms with Crippen LogP contribution in [0.4, 0.5) is 0 Å². The monoisotopic (exact) mass is 220 g/mol. The van der Waals surface area contributed by atoms with Gasteiger partial charge < -0.3 is 9.73 Å². The highest BCUT2D eigenvalue weighted by molar-refractivity contribution is 5.08. The maximum absolute atomic E-state index is 5.65. The van der Waals surface area contributed by atoms with Crippen LogP contribution in [-0.4, -0.2) is 18.1 Å². The van der Waals surface area contributed by atoms with E-state index in [1.165, 1.54) is 44.2 Å². The van der Waals surface area contributed by atoms with E-state index in [1.807, 2.05) is 6.26 Å². The summed E-state index contributed by atoms with van der Waals surface area (Å²) >= 11 is 0. The molecule has 0 spiro atoms. The van der Waals surface area contributed by atoms with Crippen molar-refractivity contribution in [3.63, 3.8) is 0 Å². The van der Waals surface area contributed by atoms with Gasteiger partial charge in [-0.25, -0.2) is 4.98 Å². The molecule has 2 fully saturated rings. The van der Waals surface area contributed by atoms with Crippen LogP contribution in [0.15, 0.2) is 10.7 Å². The number of nitrogens with zero attached hydrogens (tertiary/aromatic N) is 1. The Balaban J connectivity index is 1.71. The van der Waals surface area contributed by atoms with E-state index in [9.17, 15) is 0 Å². The zero-order valence-electron chi connectivity index (χ0n) is 9.74. The molecule has 88 valence electrons. The van der Waals surface area contributed by atoms with Gasteiger partial charge in [0.25, 0.3) is 0 Å². The summed E-state index contributed by atoms with van der Waals surface area (Å²) in [6, 6.07) is 0. The number of oxazole rings is 1. The summed E-state index contributed by atoms with van der Waals surface area (Å²) in [5, 5.41) is 3.36. The standard InChI is InChI=1S/C13H20N2O/c1-2-4-10(5-3-1)12-9-16-13(15-12)11-6-7-14-8-11/h9-11,14H,1-8H2. The number of nitrogens with one attached hydrogen (secondary N) is 1. The average Bonchev–Trinajstić information content (AvgIpc) is 3.01. The van der Waals surface area contributed by atoms with Gasteiger partial charge in [-0.15, -0.1) is 0 Å². The van der Waals surface area contributed by atoms with Gasteiger partial charge in [0.2, 0.25) is 0 Å². The van der Waals surface area contributed by atoms with E-state index in [-0.39, 0.29) is 0 Å². The Kier molecular flexibility index (Phi) is 2.96. The molecule has 1 N–H and O–H groups in total. The lowest BCUT2D eigenvalue weighted by atomic mass is 9.87. The van der Waals surface area contributed by atoms with E-state index in [0.29, 0.717) is 11.8 Å². The summed E-state index contributed by atoms with van der Waals surface area (Å²) in [6.07, 6.45) is 9.79. The molecule has 3 nitrogen and oxygen atoms in total. The zero-order chi connectivity index (χ0) is 10.8. The van der Waals surface area contributed by atoms with Crippen molar-refractivity contribution in [3.8, 4) is 0 Å². The molecule has 1 saturated carbocycles. The molecule has 1 aliphatic carbocycles. The first kappa shape index (κ1) is 10.3. The summed E-state index contributed by atoms with van der Waals surface area (Å²) in [5.74, 6) is 2.14. The van der Waals surface area contributed by atoms with Crippen LogP contribution in [0.2, 0.25) is 0 Å². The molecule has 1 saturated heterocycles. The minimum atomic E-state index is 0.511. The number of hydrogen-bond donors (Lipinski definition) is 1. The fraction of sp³-hybridized carbons (Fsp3) is 0.769. The van der Waals surface area contributed by atoms with Crippen LogP contribution in [0.25, 0.3) is 0 Å². The van der Waals surface area contributed by atoms with Crippen LogP contribution in [0.1, 0.15) is 61.9 Å². The second-order valence-corrected chi connectivity index (χ2v) is 5.14. The number of rotatable bonds is 2. The molecule has 0 bridgehead atoms. The predicted molar refractivity (Wildman–Crippen MR) is 62.6 cm³/mol. The van der Waals surface area contributed by atoms with Crippen molar-refractivity contribution in [2.75, 3.05) is 13.1 Å². The molecule has 2 aliphatic rings. The van der Waals surface area contributed by atoms with Gasteiger partial charge in [0, 0.05) is 18.4 Å². The number of aromatic nitrogens is 1. The molecule has 1 aromatic heterocycles. The molecule has 16 heavy (non-hydrogen) atoms. The molecule has 1 atom stereocenters. The van der Waals surface area contributed by atoms with E-state index >= 15 is 0 Å². The van der Waals surface area contributed by atoms with Crippen molar-refractivity contribution in [2.24, 2.45) is 0 Å². The Hall–Kier alpha value is -0.830. The summed E-state index contributed by atoms with van der Waals surface area (Å²) < 4.78 is 5.65. The van der Waals surface area contributed by atoms with Crippen LogP contribution in [0, 0.1) is 0 Å². The van der Waals surface area contributed by atoms with Gasteiger partial charge in [0.05, 0.1) is 5.69 Å². The second kappa shape index (κ2) is 4.58. The average molecular weight is 220 g/mol. The maximum Gasteiger partial charge on any atom is 0.198 e. The summed E-state index contributed by atoms with van der Waals surface area (Å²) in [6.45, 7) is 2.14. The summed E-state index contributed by atoms with van der Waals surface area (Å²) in [7, 11) is 0. The van der Waals surface area contributed by atoms with Crippen LogP contribution in [0.3, 0.4) is 0 Å². The molecule has 0 amide bonds. The first-order valence-corrected chi connectivity index (χ1v) is 6.59. The van der Waals surface area contributed by atoms with Crippen molar-refractivity contribution >= 4 is 0 Å². The van der Waals surface area contributed by atoms with Gasteiger partial charge in [0.1, 0.15) is 6.26 Å². The van der Waals surface area contributed by atoms with Crippen LogP contribution in [0.5, 0.6) is 0 Å². The minimum absolute atomic E-state index is 0.511. The highest BCUT2D eigenvalue weighted by Gasteiger charge is 2.24. The Morgan fingerprint density at radius 3 is 2.75 bits per heavy atom. The highest BCUT2D eigenvalue weighted by Crippen LogP contribution is 2.33. The van der Waals surface area contributed by atoms with Crippen molar-refractivity contribution < 1.29 is 4.42 Å². The largest absolute Gasteiger partial charge is 0.448 e. The number of hydrogen-bond acceptors (Lipinski definition) is 3. The van der Waals surface area contributed by atoms with Gasteiger partial charge in [0.15, 0.2) is 5.89 Å². The molecule has 1 unspecified atom stereocenters. The van der Waals surface area contributed by atoms with Gasteiger partial charge in [-0.1, -0.05) is 19.3 Å². The Labute approximate surface area is 96.6 Å². The van der Waals surface area contributed by atoms with Crippen molar-refractivity contribution in [3.05, 3.63) is 17.8 Å². The molecular weight excluding hydrogens is 200 g/mol. The van der Waals surface area contributed by atoms with Gasteiger partial charge in [-0.2, -0.15) is 0 Å². The van der Waals surface area contributed by atoms with Crippen LogP contribution >= 0.6 is 0 Å². The van der Waals surface area contributed by atoms with E-state index in [1.54, 1.807) is 0 Å². The third-order valence-electron chi connectivity index (χ3n) is 3.97. The maximum atomic E-state index is 5.65. The lowest BCUT2D eigenvalue weighted by molar-refractivity contribution is 0.434. The molecule has 3 rings (SSSR count). The van der Waals surface area contributed by atoms with Gasteiger partial charge in [-0.05, 0) is 25.8 Å². The predicted octanol–water partition coefficient (Wildman–Crippen LogP) is 2.80. The Bertz CT molecular complexity index is 335. The summed E-state index contributed by atoms with van der Waals surface area (Å²) in [4.78, 5) is 4.71. The fourth-order valence-corrected chi connectivity index (χ4v) is 2.94. The smallest absolute Gasteiger partial charge is 0.198 e. The van der Waals surface area contributed by atoms with Crippen molar-refractivity contribution in [2.45, 2.75) is 50.4 Å². The van der Waals surface area contributed by atoms with E-state index in [2.05, 4.69) is 5.32 Å². The molecule has 0 radical (unpaired) electrons. The molecular formula is C13H20N2O. The summed E-state index contributed by atoms with van der Waals surface area (Å²) in [5.41, 5.74) is 1.21. The Morgan fingerprint density at radius 2 is 2.00 bits per heavy atom. The fourth-order valence-electron chi connectivity index (χ4n) is 2.94. The van der Waals surface area contributed by atoms with Crippen molar-refractivity contribution in [1.82, 2.24) is 10.3 Å². The second-order valence-electron chi connectivity index (χ2n) is 5.14. The molecule has 2 heterocycles. The van der Waals surface area contributed by atoms with Crippen LogP contribution in [-0.2, 0) is 0 Å². The quantitative estimate of drug-likeness (QED) is 0.832. The molecule has 1 aromatic rings. The highest BCUT2D eigenvalue weighted by atomic mass is 16.3. The molecule has 1 aliphatic heterocycles. The lowest BCUT2D eigenvalue weighted by Crippen LogP contribution is -2.09. The topological polar surface area (TPSA) is 38.1 Å². The third-order valence-corrected chi connectivity index (χ3v) is 3.97. The normalized spacial score (nSPS) is 27.4. The SMILES string of the molecule is c1oc(C2CCNC2)nc1C1CCCCC1. The first-order chi connectivity index (χ1) is 7.93.